The number of piperazine rings is 1. The lowest BCUT2D eigenvalue weighted by Crippen LogP contribution is -2.46. The van der Waals surface area contributed by atoms with E-state index < -0.39 is 17.6 Å². The normalized spacial score (nSPS) is 14.5. The second-order valence-corrected chi connectivity index (χ2v) is 7.89. The highest BCUT2D eigenvalue weighted by molar-refractivity contribution is 7.13. The Balaban J connectivity index is 1.32. The Morgan fingerprint density at radius 1 is 1.06 bits per heavy atom. The van der Waals surface area contributed by atoms with Crippen molar-refractivity contribution in [3.63, 3.8) is 0 Å². The highest BCUT2D eigenvalue weighted by Gasteiger charge is 2.30. The molecule has 1 aromatic carbocycles. The molecular weight excluding hydrogens is 427 g/mol. The zero-order chi connectivity index (χ0) is 21.8. The number of pyridine rings is 1. The predicted molar refractivity (Wildman–Crippen MR) is 113 cm³/mol. The Bertz CT molecular complexity index is 1030. The quantitative estimate of drug-likeness (QED) is 0.645. The van der Waals surface area contributed by atoms with Crippen LogP contribution in [-0.2, 0) is 12.7 Å². The van der Waals surface area contributed by atoms with Crippen LogP contribution < -0.4 is 15.1 Å². The van der Waals surface area contributed by atoms with Crippen LogP contribution in [0.1, 0.15) is 21.6 Å². The van der Waals surface area contributed by atoms with Gasteiger partial charge in [-0.1, -0.05) is 18.2 Å². The first-order valence-corrected chi connectivity index (χ1v) is 10.6. The maximum Gasteiger partial charge on any atom is 0.416 e. The van der Waals surface area contributed by atoms with Crippen molar-refractivity contribution < 1.29 is 18.0 Å². The number of carbonyl (C=O) groups is 1. The number of benzene rings is 1. The van der Waals surface area contributed by atoms with Crippen molar-refractivity contribution >= 4 is 28.2 Å². The third kappa shape index (κ3) is 5.13. The van der Waals surface area contributed by atoms with Gasteiger partial charge in [-0.2, -0.15) is 13.2 Å². The summed E-state index contributed by atoms with van der Waals surface area (Å²) in [6.45, 7) is 3.12. The van der Waals surface area contributed by atoms with Gasteiger partial charge in [0.2, 0.25) is 0 Å². The topological polar surface area (TPSA) is 61.4 Å². The van der Waals surface area contributed by atoms with E-state index in [1.807, 2.05) is 18.2 Å². The number of hydrogen-bond donors (Lipinski definition) is 1. The summed E-state index contributed by atoms with van der Waals surface area (Å²) >= 11 is 1.38. The summed E-state index contributed by atoms with van der Waals surface area (Å²) in [5.74, 6) is 0.531. The molecule has 1 aliphatic rings. The number of aromatic nitrogens is 2. The van der Waals surface area contributed by atoms with Crippen LogP contribution in [0.2, 0.25) is 0 Å². The first kappa shape index (κ1) is 21.1. The monoisotopic (exact) mass is 447 g/mol. The molecule has 0 bridgehead atoms. The molecule has 3 aromatic rings. The van der Waals surface area contributed by atoms with Crippen LogP contribution in [0.25, 0.3) is 0 Å². The maximum absolute atomic E-state index is 12.8. The molecule has 10 heteroatoms. The highest BCUT2D eigenvalue weighted by atomic mass is 32.1. The van der Waals surface area contributed by atoms with Crippen molar-refractivity contribution in [1.29, 1.82) is 0 Å². The van der Waals surface area contributed by atoms with Gasteiger partial charge in [-0.25, -0.2) is 9.97 Å². The first-order valence-electron chi connectivity index (χ1n) is 9.71. The van der Waals surface area contributed by atoms with E-state index >= 15 is 0 Å². The third-order valence-electron chi connectivity index (χ3n) is 4.96. The van der Waals surface area contributed by atoms with Crippen molar-refractivity contribution in [2.24, 2.45) is 0 Å². The molecule has 0 unspecified atom stereocenters. The number of rotatable bonds is 5. The van der Waals surface area contributed by atoms with E-state index in [0.29, 0.717) is 5.56 Å². The van der Waals surface area contributed by atoms with Crippen molar-refractivity contribution in [2.75, 3.05) is 36.0 Å². The van der Waals surface area contributed by atoms with Gasteiger partial charge in [0.1, 0.15) is 11.5 Å². The molecule has 0 spiro atoms. The summed E-state index contributed by atoms with van der Waals surface area (Å²) in [6, 6.07) is 10.7. The lowest BCUT2D eigenvalue weighted by Gasteiger charge is -2.35. The van der Waals surface area contributed by atoms with E-state index in [1.54, 1.807) is 17.6 Å². The number of nitrogens with zero attached hydrogens (tertiary/aromatic N) is 4. The number of nitrogens with one attached hydrogen (secondary N) is 1. The number of halogens is 3. The standard InChI is InChI=1S/C21H20F3N5OS/c22-21(23,24)16-5-3-4-15(12-16)13-26-19(30)17-14-31-20(27-17)29-10-8-28(9-11-29)18-6-1-2-7-25-18/h1-7,12,14H,8-11,13H2,(H,26,30). The molecule has 162 valence electrons. The molecule has 1 fully saturated rings. The number of anilines is 2. The van der Waals surface area contributed by atoms with E-state index in [1.165, 1.54) is 17.4 Å². The molecule has 1 N–H and O–H groups in total. The van der Waals surface area contributed by atoms with Crippen LogP contribution in [0.3, 0.4) is 0 Å². The Hall–Kier alpha value is -3.14. The molecule has 0 radical (unpaired) electrons. The number of carbonyl (C=O) groups excluding carboxylic acids is 1. The largest absolute Gasteiger partial charge is 0.416 e. The fraction of sp³-hybridized carbons (Fsp3) is 0.286. The van der Waals surface area contributed by atoms with Gasteiger partial charge in [0, 0.05) is 44.3 Å². The van der Waals surface area contributed by atoms with Crippen molar-refractivity contribution in [2.45, 2.75) is 12.7 Å². The molecule has 0 aliphatic carbocycles. The summed E-state index contributed by atoms with van der Waals surface area (Å²) in [4.78, 5) is 25.5. The summed E-state index contributed by atoms with van der Waals surface area (Å²) in [5, 5.41) is 5.06. The Kier molecular flexibility index (Phi) is 6.08. The number of alkyl halides is 3. The molecule has 0 saturated carbocycles. The van der Waals surface area contributed by atoms with Gasteiger partial charge in [0.05, 0.1) is 5.56 Å². The molecule has 2 aromatic heterocycles. The zero-order valence-electron chi connectivity index (χ0n) is 16.5. The summed E-state index contributed by atoms with van der Waals surface area (Å²) < 4.78 is 38.5. The minimum Gasteiger partial charge on any atom is -0.353 e. The van der Waals surface area contributed by atoms with Crippen LogP contribution >= 0.6 is 11.3 Å². The molecule has 1 aliphatic heterocycles. The van der Waals surface area contributed by atoms with Gasteiger partial charge in [-0.15, -0.1) is 11.3 Å². The minimum absolute atomic E-state index is 0.00162. The third-order valence-corrected chi connectivity index (χ3v) is 5.86. The van der Waals surface area contributed by atoms with Crippen molar-refractivity contribution in [3.05, 3.63) is 70.9 Å². The van der Waals surface area contributed by atoms with Gasteiger partial charge in [-0.3, -0.25) is 4.79 Å². The molecular formula is C21H20F3N5OS. The van der Waals surface area contributed by atoms with E-state index in [9.17, 15) is 18.0 Å². The van der Waals surface area contributed by atoms with Gasteiger partial charge < -0.3 is 15.1 Å². The zero-order valence-corrected chi connectivity index (χ0v) is 17.3. The van der Waals surface area contributed by atoms with Crippen LogP contribution in [0.5, 0.6) is 0 Å². The van der Waals surface area contributed by atoms with E-state index in [-0.39, 0.29) is 12.2 Å². The van der Waals surface area contributed by atoms with Crippen LogP contribution in [0.15, 0.2) is 54.0 Å². The SMILES string of the molecule is O=C(NCc1cccc(C(F)(F)F)c1)c1csc(N2CCN(c3ccccn3)CC2)n1. The molecule has 1 saturated heterocycles. The van der Waals surface area contributed by atoms with Gasteiger partial charge in [0.15, 0.2) is 5.13 Å². The number of amides is 1. The lowest BCUT2D eigenvalue weighted by molar-refractivity contribution is -0.137. The fourth-order valence-electron chi connectivity index (χ4n) is 3.31. The Morgan fingerprint density at radius 3 is 2.55 bits per heavy atom. The molecule has 6 nitrogen and oxygen atoms in total. The Morgan fingerprint density at radius 2 is 1.84 bits per heavy atom. The molecule has 4 rings (SSSR count). The second kappa shape index (κ2) is 8.93. The average Bonchev–Trinajstić information content (AvgIpc) is 3.28. The lowest BCUT2D eigenvalue weighted by atomic mass is 10.1. The molecule has 3 heterocycles. The first-order chi connectivity index (χ1) is 14.9. The van der Waals surface area contributed by atoms with Gasteiger partial charge in [0.25, 0.3) is 5.91 Å². The summed E-state index contributed by atoms with van der Waals surface area (Å²) in [6.07, 6.45) is -2.64. The van der Waals surface area contributed by atoms with Crippen molar-refractivity contribution in [3.8, 4) is 0 Å². The number of thiazole rings is 1. The maximum atomic E-state index is 12.8. The average molecular weight is 447 g/mol. The molecule has 1 amide bonds. The van der Waals surface area contributed by atoms with Crippen LogP contribution in [0.4, 0.5) is 24.1 Å². The van der Waals surface area contributed by atoms with Gasteiger partial charge in [-0.05, 0) is 29.8 Å². The van der Waals surface area contributed by atoms with Crippen molar-refractivity contribution in [1.82, 2.24) is 15.3 Å². The minimum atomic E-state index is -4.41. The van der Waals surface area contributed by atoms with E-state index in [4.69, 9.17) is 0 Å². The number of hydrogen-bond acceptors (Lipinski definition) is 6. The van der Waals surface area contributed by atoms with Gasteiger partial charge >= 0.3 is 6.18 Å². The van der Waals surface area contributed by atoms with E-state index in [0.717, 1.165) is 49.3 Å². The van der Waals surface area contributed by atoms with E-state index in [2.05, 4.69) is 25.1 Å². The molecule has 0 atom stereocenters. The smallest absolute Gasteiger partial charge is 0.353 e. The van der Waals surface area contributed by atoms with Crippen LogP contribution in [0, 0.1) is 0 Å². The summed E-state index contributed by atoms with van der Waals surface area (Å²) in [5.41, 5.74) is -0.0940. The summed E-state index contributed by atoms with van der Waals surface area (Å²) in [7, 11) is 0. The predicted octanol–water partition coefficient (Wildman–Crippen LogP) is 3.81. The fourth-order valence-corrected chi connectivity index (χ4v) is 4.17. The highest BCUT2D eigenvalue weighted by Crippen LogP contribution is 2.29. The second-order valence-electron chi connectivity index (χ2n) is 7.06. The molecule has 31 heavy (non-hydrogen) atoms. The Labute approximate surface area is 181 Å². The van der Waals surface area contributed by atoms with Crippen LogP contribution in [-0.4, -0.2) is 42.1 Å².